The summed E-state index contributed by atoms with van der Waals surface area (Å²) in [5.41, 5.74) is 1.89. The Morgan fingerprint density at radius 1 is 1.38 bits per heavy atom. The van der Waals surface area contributed by atoms with Crippen LogP contribution >= 0.6 is 15.9 Å². The second-order valence-electron chi connectivity index (χ2n) is 4.00. The fourth-order valence-electron chi connectivity index (χ4n) is 1.84. The normalized spacial score (nSPS) is 12.2. The largest absolute Gasteiger partial charge is 0.350 e. The Hall–Kier alpha value is -0.810. The van der Waals surface area contributed by atoms with Crippen molar-refractivity contribution in [1.82, 2.24) is 4.57 Å². The van der Waals surface area contributed by atoms with Gasteiger partial charge in [-0.05, 0) is 17.7 Å². The van der Waals surface area contributed by atoms with E-state index in [1.165, 1.54) is 6.26 Å². The number of aryl methyl sites for hydroxylation is 1. The van der Waals surface area contributed by atoms with Gasteiger partial charge in [0.1, 0.15) is 0 Å². The number of aromatic nitrogens is 1. The molecule has 2 aromatic rings. The first-order valence-corrected chi connectivity index (χ1v) is 7.63. The molecule has 0 spiro atoms. The molecule has 0 saturated heterocycles. The van der Waals surface area contributed by atoms with Gasteiger partial charge < -0.3 is 4.57 Å². The van der Waals surface area contributed by atoms with Crippen LogP contribution in [-0.4, -0.2) is 19.2 Å². The van der Waals surface area contributed by atoms with Gasteiger partial charge in [-0.1, -0.05) is 22.0 Å². The molecule has 0 amide bonds. The first-order chi connectivity index (χ1) is 7.37. The molecule has 1 aromatic carbocycles. The van der Waals surface area contributed by atoms with E-state index in [1.54, 1.807) is 0 Å². The van der Waals surface area contributed by atoms with Crippen molar-refractivity contribution in [2.75, 3.05) is 6.26 Å². The Morgan fingerprint density at radius 2 is 2.06 bits per heavy atom. The number of benzene rings is 1. The minimum atomic E-state index is -2.99. The standard InChI is InChI=1S/C11H12BrNO2S/c1-13-6-8(7-16(2,14)15)10-4-3-9(12)5-11(10)13/h3-6H,7H2,1-2H3. The first-order valence-electron chi connectivity index (χ1n) is 4.78. The molecule has 3 nitrogen and oxygen atoms in total. The minimum absolute atomic E-state index is 0.0893. The van der Waals surface area contributed by atoms with Gasteiger partial charge in [-0.15, -0.1) is 0 Å². The van der Waals surface area contributed by atoms with Gasteiger partial charge in [0.2, 0.25) is 0 Å². The zero-order valence-corrected chi connectivity index (χ0v) is 11.5. The SMILES string of the molecule is Cn1cc(CS(C)(=O)=O)c2ccc(Br)cc21. The lowest BCUT2D eigenvalue weighted by Crippen LogP contribution is -1.99. The third-order valence-corrected chi connectivity index (χ3v) is 3.78. The van der Waals surface area contributed by atoms with E-state index in [9.17, 15) is 8.42 Å². The fraction of sp³-hybridized carbons (Fsp3) is 0.273. The maximum atomic E-state index is 11.3. The van der Waals surface area contributed by atoms with Crippen LogP contribution in [-0.2, 0) is 22.6 Å². The van der Waals surface area contributed by atoms with Crippen molar-refractivity contribution in [3.8, 4) is 0 Å². The Morgan fingerprint density at radius 3 is 2.69 bits per heavy atom. The second-order valence-corrected chi connectivity index (χ2v) is 7.05. The molecule has 0 radical (unpaired) electrons. The van der Waals surface area contributed by atoms with Crippen LogP contribution in [0, 0.1) is 0 Å². The predicted octanol–water partition coefficient (Wildman–Crippen LogP) is 2.49. The highest BCUT2D eigenvalue weighted by molar-refractivity contribution is 9.10. The van der Waals surface area contributed by atoms with Crippen LogP contribution in [0.5, 0.6) is 0 Å². The lowest BCUT2D eigenvalue weighted by atomic mass is 10.2. The highest BCUT2D eigenvalue weighted by atomic mass is 79.9. The van der Waals surface area contributed by atoms with E-state index in [2.05, 4.69) is 15.9 Å². The molecule has 2 rings (SSSR count). The van der Waals surface area contributed by atoms with Crippen LogP contribution in [0.15, 0.2) is 28.9 Å². The zero-order valence-electron chi connectivity index (χ0n) is 9.07. The average Bonchev–Trinajstić information content (AvgIpc) is 2.40. The highest BCUT2D eigenvalue weighted by Crippen LogP contribution is 2.25. The number of nitrogens with zero attached hydrogens (tertiary/aromatic N) is 1. The molecule has 0 N–H and O–H groups in total. The number of halogens is 1. The van der Waals surface area contributed by atoms with E-state index in [0.717, 1.165) is 20.9 Å². The summed E-state index contributed by atoms with van der Waals surface area (Å²) in [4.78, 5) is 0. The fourth-order valence-corrected chi connectivity index (χ4v) is 2.98. The number of hydrogen-bond donors (Lipinski definition) is 0. The Labute approximate surface area is 103 Å². The highest BCUT2D eigenvalue weighted by Gasteiger charge is 2.11. The van der Waals surface area contributed by atoms with E-state index in [0.29, 0.717) is 0 Å². The maximum absolute atomic E-state index is 11.3. The smallest absolute Gasteiger partial charge is 0.151 e. The van der Waals surface area contributed by atoms with E-state index < -0.39 is 9.84 Å². The van der Waals surface area contributed by atoms with Gasteiger partial charge in [-0.2, -0.15) is 0 Å². The second kappa shape index (κ2) is 3.89. The third-order valence-electron chi connectivity index (χ3n) is 2.45. The zero-order chi connectivity index (χ0) is 11.9. The summed E-state index contributed by atoms with van der Waals surface area (Å²) in [7, 11) is -1.07. The summed E-state index contributed by atoms with van der Waals surface area (Å²) in [5, 5.41) is 0.996. The molecule has 0 saturated carbocycles. The van der Waals surface area contributed by atoms with Gasteiger partial charge in [-0.25, -0.2) is 8.42 Å². The molecule has 86 valence electrons. The first kappa shape index (κ1) is 11.7. The average molecular weight is 302 g/mol. The quantitative estimate of drug-likeness (QED) is 0.855. The van der Waals surface area contributed by atoms with E-state index in [4.69, 9.17) is 0 Å². The van der Waals surface area contributed by atoms with Gasteiger partial charge in [0, 0.05) is 34.9 Å². The van der Waals surface area contributed by atoms with Gasteiger partial charge in [0.25, 0.3) is 0 Å². The van der Waals surface area contributed by atoms with Gasteiger partial charge in [-0.3, -0.25) is 0 Å². The summed E-state index contributed by atoms with van der Waals surface area (Å²) in [6.45, 7) is 0. The third kappa shape index (κ3) is 2.30. The van der Waals surface area contributed by atoms with Crippen molar-refractivity contribution < 1.29 is 8.42 Å². The maximum Gasteiger partial charge on any atom is 0.151 e. The summed E-state index contributed by atoms with van der Waals surface area (Å²) in [6.07, 6.45) is 3.13. The molecule has 16 heavy (non-hydrogen) atoms. The number of fused-ring (bicyclic) bond motifs is 1. The summed E-state index contributed by atoms with van der Waals surface area (Å²) in [5.74, 6) is 0.0893. The monoisotopic (exact) mass is 301 g/mol. The van der Waals surface area contributed by atoms with Gasteiger partial charge >= 0.3 is 0 Å². The van der Waals surface area contributed by atoms with E-state index >= 15 is 0 Å². The van der Waals surface area contributed by atoms with Crippen LogP contribution in [0.4, 0.5) is 0 Å². The minimum Gasteiger partial charge on any atom is -0.350 e. The number of hydrogen-bond acceptors (Lipinski definition) is 2. The molecule has 0 fully saturated rings. The van der Waals surface area contributed by atoms with Crippen molar-refractivity contribution in [3.05, 3.63) is 34.4 Å². The van der Waals surface area contributed by atoms with Crippen molar-refractivity contribution in [1.29, 1.82) is 0 Å². The molecule has 1 heterocycles. The lowest BCUT2D eigenvalue weighted by molar-refractivity contribution is 0.601. The van der Waals surface area contributed by atoms with E-state index in [-0.39, 0.29) is 5.75 Å². The van der Waals surface area contributed by atoms with Gasteiger partial charge in [0.15, 0.2) is 9.84 Å². The number of rotatable bonds is 2. The Bertz CT molecular complexity index is 643. The molecule has 0 atom stereocenters. The summed E-state index contributed by atoms with van der Waals surface area (Å²) in [6, 6.07) is 5.86. The van der Waals surface area contributed by atoms with E-state index in [1.807, 2.05) is 36.0 Å². The van der Waals surface area contributed by atoms with Crippen LogP contribution in [0.1, 0.15) is 5.56 Å². The van der Waals surface area contributed by atoms with Crippen LogP contribution < -0.4 is 0 Å². The molecule has 0 aliphatic heterocycles. The molecular formula is C11H12BrNO2S. The molecule has 0 bridgehead atoms. The van der Waals surface area contributed by atoms with Crippen molar-refractivity contribution in [2.45, 2.75) is 5.75 Å². The summed E-state index contributed by atoms with van der Waals surface area (Å²) >= 11 is 3.41. The molecule has 0 aliphatic carbocycles. The lowest BCUT2D eigenvalue weighted by Gasteiger charge is -1.97. The van der Waals surface area contributed by atoms with Crippen LogP contribution in [0.2, 0.25) is 0 Å². The Balaban J connectivity index is 2.64. The van der Waals surface area contributed by atoms with Crippen molar-refractivity contribution in [2.24, 2.45) is 7.05 Å². The van der Waals surface area contributed by atoms with Crippen LogP contribution in [0.25, 0.3) is 10.9 Å². The van der Waals surface area contributed by atoms with Gasteiger partial charge in [0.05, 0.1) is 5.75 Å². The van der Waals surface area contributed by atoms with Crippen molar-refractivity contribution in [3.63, 3.8) is 0 Å². The molecule has 0 aliphatic rings. The Kier molecular flexibility index (Phi) is 2.84. The predicted molar refractivity (Wildman–Crippen MR) is 69.2 cm³/mol. The molecule has 0 unspecified atom stereocenters. The number of sulfone groups is 1. The molecule has 5 heteroatoms. The molecular weight excluding hydrogens is 290 g/mol. The van der Waals surface area contributed by atoms with Crippen molar-refractivity contribution >= 4 is 36.7 Å². The molecule has 1 aromatic heterocycles. The van der Waals surface area contributed by atoms with Crippen LogP contribution in [0.3, 0.4) is 0 Å². The summed E-state index contributed by atoms with van der Waals surface area (Å²) < 4.78 is 25.5. The topological polar surface area (TPSA) is 39.1 Å².